The average Bonchev–Trinajstić information content (AvgIpc) is 2.38. The Labute approximate surface area is 105 Å². The van der Waals surface area contributed by atoms with Gasteiger partial charge in [0.2, 0.25) is 0 Å². The van der Waals surface area contributed by atoms with Crippen LogP contribution in [0.1, 0.15) is 22.8 Å². The molecule has 2 nitrogen and oxygen atoms in total. The van der Waals surface area contributed by atoms with Crippen molar-refractivity contribution < 1.29 is 9.18 Å². The minimum absolute atomic E-state index is 0.119. The molecular formula is C15H14FNO. The van der Waals surface area contributed by atoms with Gasteiger partial charge in [-0.25, -0.2) is 4.39 Å². The monoisotopic (exact) mass is 243 g/mol. The second-order valence-electron chi connectivity index (χ2n) is 4.09. The van der Waals surface area contributed by atoms with Crippen molar-refractivity contribution in [3.8, 4) is 0 Å². The molecular weight excluding hydrogens is 229 g/mol. The van der Waals surface area contributed by atoms with Crippen molar-refractivity contribution in [2.24, 2.45) is 0 Å². The first-order valence-electron chi connectivity index (χ1n) is 5.75. The molecule has 1 N–H and O–H groups in total. The van der Waals surface area contributed by atoms with Crippen LogP contribution in [0.5, 0.6) is 0 Å². The number of rotatable bonds is 4. The van der Waals surface area contributed by atoms with E-state index in [0.29, 0.717) is 6.54 Å². The van der Waals surface area contributed by atoms with Gasteiger partial charge in [-0.05, 0) is 30.7 Å². The van der Waals surface area contributed by atoms with Crippen LogP contribution in [0, 0.1) is 5.82 Å². The van der Waals surface area contributed by atoms with Crippen LogP contribution in [0.2, 0.25) is 0 Å². The molecule has 0 spiro atoms. The highest BCUT2D eigenvalue weighted by molar-refractivity contribution is 5.95. The summed E-state index contributed by atoms with van der Waals surface area (Å²) in [6.07, 6.45) is 0. The summed E-state index contributed by atoms with van der Waals surface area (Å²) in [6.45, 7) is 2.00. The zero-order chi connectivity index (χ0) is 13.0. The van der Waals surface area contributed by atoms with Gasteiger partial charge in [-0.3, -0.25) is 4.79 Å². The van der Waals surface area contributed by atoms with E-state index in [1.807, 2.05) is 30.3 Å². The van der Waals surface area contributed by atoms with Gasteiger partial charge in [-0.15, -0.1) is 0 Å². The maximum absolute atomic E-state index is 13.3. The van der Waals surface area contributed by atoms with Crippen LogP contribution in [0.3, 0.4) is 0 Å². The molecule has 0 aromatic heterocycles. The Bertz CT molecular complexity index is 552. The number of hydrogen-bond acceptors (Lipinski definition) is 2. The molecule has 2 aromatic carbocycles. The smallest absolute Gasteiger partial charge is 0.162 e. The van der Waals surface area contributed by atoms with E-state index in [1.165, 1.54) is 13.0 Å². The van der Waals surface area contributed by atoms with Crippen molar-refractivity contribution in [3.63, 3.8) is 0 Å². The first-order chi connectivity index (χ1) is 8.66. The average molecular weight is 243 g/mol. The number of Topliss-reactive ketones (excluding diaryl/α,β-unsaturated/α-hetero) is 1. The predicted octanol–water partition coefficient (Wildman–Crippen LogP) is 3.64. The molecule has 0 saturated heterocycles. The van der Waals surface area contributed by atoms with Crippen LogP contribution in [0.25, 0.3) is 0 Å². The van der Waals surface area contributed by atoms with Crippen LogP contribution < -0.4 is 5.32 Å². The van der Waals surface area contributed by atoms with Gasteiger partial charge in [-0.2, -0.15) is 0 Å². The second-order valence-corrected chi connectivity index (χ2v) is 4.09. The molecule has 0 aliphatic heterocycles. The van der Waals surface area contributed by atoms with Crippen molar-refractivity contribution in [2.45, 2.75) is 13.5 Å². The number of nitrogens with one attached hydrogen (secondary N) is 1. The Morgan fingerprint density at radius 1 is 1.17 bits per heavy atom. The van der Waals surface area contributed by atoms with Crippen molar-refractivity contribution in [1.82, 2.24) is 0 Å². The molecule has 92 valence electrons. The molecule has 0 radical (unpaired) electrons. The lowest BCUT2D eigenvalue weighted by atomic mass is 10.1. The van der Waals surface area contributed by atoms with Gasteiger partial charge in [0, 0.05) is 12.2 Å². The van der Waals surface area contributed by atoms with Crippen LogP contribution >= 0.6 is 0 Å². The zero-order valence-electron chi connectivity index (χ0n) is 10.1. The highest BCUT2D eigenvalue weighted by atomic mass is 19.1. The molecule has 0 bridgehead atoms. The van der Waals surface area contributed by atoms with Gasteiger partial charge in [0.15, 0.2) is 5.78 Å². The summed E-state index contributed by atoms with van der Waals surface area (Å²) in [5.41, 5.74) is 1.99. The molecule has 0 amide bonds. The Morgan fingerprint density at radius 2 is 1.89 bits per heavy atom. The van der Waals surface area contributed by atoms with Gasteiger partial charge in [0.25, 0.3) is 0 Å². The SMILES string of the molecule is CC(=O)c1cc(NCc2ccccc2)ccc1F. The van der Waals surface area contributed by atoms with Crippen molar-refractivity contribution in [3.05, 3.63) is 65.5 Å². The predicted molar refractivity (Wildman–Crippen MR) is 70.2 cm³/mol. The Kier molecular flexibility index (Phi) is 3.72. The molecule has 0 unspecified atom stereocenters. The summed E-state index contributed by atoms with van der Waals surface area (Å²) in [4.78, 5) is 11.2. The van der Waals surface area contributed by atoms with Gasteiger partial charge in [0.1, 0.15) is 5.82 Å². The summed E-state index contributed by atoms with van der Waals surface area (Å²) in [5, 5.41) is 3.16. The van der Waals surface area contributed by atoms with E-state index in [4.69, 9.17) is 0 Å². The quantitative estimate of drug-likeness (QED) is 0.830. The standard InChI is InChI=1S/C15H14FNO/c1-11(18)14-9-13(7-8-15(14)16)17-10-12-5-3-2-4-6-12/h2-9,17H,10H2,1H3. The summed E-state index contributed by atoms with van der Waals surface area (Å²) >= 11 is 0. The lowest BCUT2D eigenvalue weighted by Crippen LogP contribution is -2.02. The number of carbonyl (C=O) groups excluding carboxylic acids is 1. The normalized spacial score (nSPS) is 10.1. The number of benzene rings is 2. The lowest BCUT2D eigenvalue weighted by Gasteiger charge is -2.08. The van der Waals surface area contributed by atoms with Crippen LogP contribution in [-0.2, 0) is 6.54 Å². The minimum atomic E-state index is -0.479. The maximum atomic E-state index is 13.3. The lowest BCUT2D eigenvalue weighted by molar-refractivity contribution is 0.101. The fourth-order valence-electron chi connectivity index (χ4n) is 1.71. The highest BCUT2D eigenvalue weighted by Gasteiger charge is 2.07. The van der Waals surface area contributed by atoms with Crippen molar-refractivity contribution >= 4 is 11.5 Å². The second kappa shape index (κ2) is 5.45. The number of halogens is 1. The van der Waals surface area contributed by atoms with E-state index >= 15 is 0 Å². The Hall–Kier alpha value is -2.16. The minimum Gasteiger partial charge on any atom is -0.381 e. The highest BCUT2D eigenvalue weighted by Crippen LogP contribution is 2.16. The van der Waals surface area contributed by atoms with Gasteiger partial charge < -0.3 is 5.32 Å². The molecule has 0 heterocycles. The molecule has 0 saturated carbocycles. The topological polar surface area (TPSA) is 29.1 Å². The Balaban J connectivity index is 2.11. The fourth-order valence-corrected chi connectivity index (χ4v) is 1.71. The van der Waals surface area contributed by atoms with E-state index in [-0.39, 0.29) is 11.3 Å². The van der Waals surface area contributed by atoms with E-state index in [9.17, 15) is 9.18 Å². The van der Waals surface area contributed by atoms with E-state index in [2.05, 4.69) is 5.32 Å². The summed E-state index contributed by atoms with van der Waals surface area (Å²) in [5.74, 6) is -0.747. The number of ketones is 1. The van der Waals surface area contributed by atoms with Gasteiger partial charge in [0.05, 0.1) is 5.56 Å². The van der Waals surface area contributed by atoms with Gasteiger partial charge in [-0.1, -0.05) is 30.3 Å². The molecule has 0 fully saturated rings. The van der Waals surface area contributed by atoms with E-state index in [0.717, 1.165) is 11.3 Å². The largest absolute Gasteiger partial charge is 0.381 e. The number of anilines is 1. The molecule has 2 aromatic rings. The summed E-state index contributed by atoms with van der Waals surface area (Å²) in [7, 11) is 0. The summed E-state index contributed by atoms with van der Waals surface area (Å²) < 4.78 is 13.3. The van der Waals surface area contributed by atoms with Gasteiger partial charge >= 0.3 is 0 Å². The molecule has 0 aliphatic rings. The molecule has 0 atom stereocenters. The fraction of sp³-hybridized carbons (Fsp3) is 0.133. The molecule has 2 rings (SSSR count). The van der Waals surface area contributed by atoms with Crippen molar-refractivity contribution in [1.29, 1.82) is 0 Å². The third-order valence-corrected chi connectivity index (χ3v) is 2.69. The third-order valence-electron chi connectivity index (χ3n) is 2.69. The molecule has 3 heteroatoms. The first-order valence-corrected chi connectivity index (χ1v) is 5.75. The number of carbonyl (C=O) groups is 1. The van der Waals surface area contributed by atoms with E-state index < -0.39 is 5.82 Å². The maximum Gasteiger partial charge on any atom is 0.162 e. The van der Waals surface area contributed by atoms with Crippen LogP contribution in [0.15, 0.2) is 48.5 Å². The zero-order valence-corrected chi connectivity index (χ0v) is 10.1. The summed E-state index contributed by atoms with van der Waals surface area (Å²) in [6, 6.07) is 14.4. The first kappa shape index (κ1) is 12.3. The van der Waals surface area contributed by atoms with E-state index in [1.54, 1.807) is 12.1 Å². The van der Waals surface area contributed by atoms with Crippen LogP contribution in [0.4, 0.5) is 10.1 Å². The molecule has 0 aliphatic carbocycles. The Morgan fingerprint density at radius 3 is 2.56 bits per heavy atom. The van der Waals surface area contributed by atoms with Crippen molar-refractivity contribution in [2.75, 3.05) is 5.32 Å². The third kappa shape index (κ3) is 2.94. The molecule has 18 heavy (non-hydrogen) atoms. The van der Waals surface area contributed by atoms with Crippen LogP contribution in [-0.4, -0.2) is 5.78 Å². The number of hydrogen-bond donors (Lipinski definition) is 1.